The van der Waals surface area contributed by atoms with Gasteiger partial charge in [-0.1, -0.05) is 0 Å². The third kappa shape index (κ3) is 3.99. The average Bonchev–Trinajstić information content (AvgIpc) is 2.87. The van der Waals surface area contributed by atoms with Crippen LogP contribution in [0.15, 0.2) is 12.5 Å². The second-order valence-corrected chi connectivity index (χ2v) is 6.22. The molecule has 2 amide bonds. The highest BCUT2D eigenvalue weighted by Crippen LogP contribution is 2.17. The minimum absolute atomic E-state index is 0.0622. The second-order valence-electron chi connectivity index (χ2n) is 6.22. The van der Waals surface area contributed by atoms with E-state index in [-0.39, 0.29) is 19.5 Å². The van der Waals surface area contributed by atoms with Gasteiger partial charge in [-0.3, -0.25) is 4.57 Å². The Morgan fingerprint density at radius 1 is 1.48 bits per heavy atom. The molecule has 0 bridgehead atoms. The second kappa shape index (κ2) is 6.27. The third-order valence-electron chi connectivity index (χ3n) is 3.25. The van der Waals surface area contributed by atoms with Gasteiger partial charge in [0.15, 0.2) is 0 Å². The van der Waals surface area contributed by atoms with Gasteiger partial charge in [-0.15, -0.1) is 0 Å². The molecule has 2 rings (SSSR count). The SMILES string of the molecule is CC(C)(C)OC(=O)NCCN1C(=O)n2cncc2C[C@H]1C(=O)O. The molecule has 0 saturated heterocycles. The van der Waals surface area contributed by atoms with Crippen molar-refractivity contribution in [3.05, 3.63) is 18.2 Å². The predicted molar refractivity (Wildman–Crippen MR) is 79.1 cm³/mol. The zero-order valence-corrected chi connectivity index (χ0v) is 13.3. The number of rotatable bonds is 4. The topological polar surface area (TPSA) is 114 Å². The van der Waals surface area contributed by atoms with Crippen LogP contribution in [-0.4, -0.2) is 62.4 Å². The lowest BCUT2D eigenvalue weighted by atomic mass is 10.1. The maximum absolute atomic E-state index is 12.3. The normalized spacial score (nSPS) is 17.6. The number of carbonyl (C=O) groups is 3. The number of carboxylic acid groups (broad SMARTS) is 1. The van der Waals surface area contributed by atoms with E-state index in [1.54, 1.807) is 20.8 Å². The summed E-state index contributed by atoms with van der Waals surface area (Å²) in [6.07, 6.45) is 2.39. The Balaban J connectivity index is 1.99. The molecule has 2 heterocycles. The zero-order chi connectivity index (χ0) is 17.2. The van der Waals surface area contributed by atoms with Gasteiger partial charge in [-0.05, 0) is 20.8 Å². The number of fused-ring (bicyclic) bond motifs is 1. The highest BCUT2D eigenvalue weighted by molar-refractivity contribution is 5.86. The number of aromatic nitrogens is 2. The molecule has 0 fully saturated rings. The molecule has 1 atom stereocenters. The number of ether oxygens (including phenoxy) is 1. The zero-order valence-electron chi connectivity index (χ0n) is 13.3. The fourth-order valence-corrected chi connectivity index (χ4v) is 2.29. The van der Waals surface area contributed by atoms with Gasteiger partial charge in [0, 0.05) is 31.4 Å². The largest absolute Gasteiger partial charge is 0.480 e. The molecule has 0 saturated carbocycles. The summed E-state index contributed by atoms with van der Waals surface area (Å²) in [5.41, 5.74) is -0.0703. The summed E-state index contributed by atoms with van der Waals surface area (Å²) in [5, 5.41) is 11.8. The molecule has 9 heteroatoms. The molecule has 1 aromatic heterocycles. The Labute approximate surface area is 133 Å². The molecule has 1 aliphatic heterocycles. The predicted octanol–water partition coefficient (Wildman–Crippen LogP) is 0.687. The number of aliphatic carboxylic acids is 1. The van der Waals surface area contributed by atoms with E-state index in [0.29, 0.717) is 5.69 Å². The fourth-order valence-electron chi connectivity index (χ4n) is 2.29. The Morgan fingerprint density at radius 3 is 2.78 bits per heavy atom. The number of carboxylic acids is 1. The molecule has 0 unspecified atom stereocenters. The Hall–Kier alpha value is -2.58. The van der Waals surface area contributed by atoms with Crippen LogP contribution in [0.3, 0.4) is 0 Å². The monoisotopic (exact) mass is 324 g/mol. The van der Waals surface area contributed by atoms with Gasteiger partial charge in [-0.25, -0.2) is 19.4 Å². The maximum Gasteiger partial charge on any atom is 0.407 e. The summed E-state index contributed by atoms with van der Waals surface area (Å²) < 4.78 is 6.40. The Bertz CT molecular complexity index is 619. The van der Waals surface area contributed by atoms with Crippen LogP contribution in [0, 0.1) is 0 Å². The average molecular weight is 324 g/mol. The molecule has 0 aliphatic carbocycles. The van der Waals surface area contributed by atoms with Gasteiger partial charge >= 0.3 is 18.1 Å². The first-order chi connectivity index (χ1) is 10.7. The number of nitrogens with one attached hydrogen (secondary N) is 1. The lowest BCUT2D eigenvalue weighted by Crippen LogP contribution is -2.54. The molecule has 0 radical (unpaired) electrons. The van der Waals surface area contributed by atoms with Gasteiger partial charge in [0.1, 0.15) is 18.0 Å². The molecule has 1 aliphatic rings. The van der Waals surface area contributed by atoms with Gasteiger partial charge in [0.2, 0.25) is 0 Å². The summed E-state index contributed by atoms with van der Waals surface area (Å²) in [6.45, 7) is 5.37. The lowest BCUT2D eigenvalue weighted by molar-refractivity contribution is -0.142. The van der Waals surface area contributed by atoms with Crippen LogP contribution in [-0.2, 0) is 16.0 Å². The first-order valence-corrected chi connectivity index (χ1v) is 7.21. The van der Waals surface area contributed by atoms with Crippen LogP contribution in [0.5, 0.6) is 0 Å². The first kappa shape index (κ1) is 16.8. The smallest absolute Gasteiger partial charge is 0.407 e. The van der Waals surface area contributed by atoms with Crippen molar-refractivity contribution in [2.45, 2.75) is 38.8 Å². The molecule has 0 spiro atoms. The van der Waals surface area contributed by atoms with Crippen LogP contribution in [0.4, 0.5) is 9.59 Å². The molecule has 23 heavy (non-hydrogen) atoms. The molecule has 9 nitrogen and oxygen atoms in total. The van der Waals surface area contributed by atoms with Crippen LogP contribution < -0.4 is 5.32 Å². The number of nitrogens with zero attached hydrogens (tertiary/aromatic N) is 3. The number of carbonyl (C=O) groups excluding carboxylic acids is 2. The fraction of sp³-hybridized carbons (Fsp3) is 0.571. The number of imidazole rings is 1. The van der Waals surface area contributed by atoms with E-state index >= 15 is 0 Å². The van der Waals surface area contributed by atoms with Crippen molar-refractivity contribution < 1.29 is 24.2 Å². The maximum atomic E-state index is 12.3. The summed E-state index contributed by atoms with van der Waals surface area (Å²) in [6, 6.07) is -1.45. The van der Waals surface area contributed by atoms with Crippen LogP contribution in [0.2, 0.25) is 0 Å². The van der Waals surface area contributed by atoms with Gasteiger partial charge in [-0.2, -0.15) is 0 Å². The summed E-state index contributed by atoms with van der Waals surface area (Å²) in [4.78, 5) is 40.4. The standard InChI is InChI=1S/C14H20N4O5/c1-14(2,3)23-12(21)16-4-5-17-10(11(19)20)6-9-7-15-8-18(9)13(17)22/h7-8,10H,4-6H2,1-3H3,(H,16,21)(H,19,20)/t10-/m0/s1. The molecular weight excluding hydrogens is 304 g/mol. The summed E-state index contributed by atoms with van der Waals surface area (Å²) in [7, 11) is 0. The van der Waals surface area contributed by atoms with Crippen molar-refractivity contribution in [3.8, 4) is 0 Å². The third-order valence-corrected chi connectivity index (χ3v) is 3.25. The first-order valence-electron chi connectivity index (χ1n) is 7.21. The van der Waals surface area contributed by atoms with Gasteiger partial charge < -0.3 is 20.1 Å². The van der Waals surface area contributed by atoms with E-state index in [9.17, 15) is 19.5 Å². The number of hydrogen-bond donors (Lipinski definition) is 2. The Morgan fingerprint density at radius 2 is 2.17 bits per heavy atom. The summed E-state index contributed by atoms with van der Waals surface area (Å²) >= 11 is 0. The molecule has 1 aromatic rings. The number of hydrogen-bond acceptors (Lipinski definition) is 5. The van der Waals surface area contributed by atoms with Crippen LogP contribution in [0.1, 0.15) is 26.5 Å². The van der Waals surface area contributed by atoms with Gasteiger partial charge in [0.05, 0.1) is 0 Å². The molecular formula is C14H20N4O5. The van der Waals surface area contributed by atoms with Crippen molar-refractivity contribution in [3.63, 3.8) is 0 Å². The van der Waals surface area contributed by atoms with Crippen molar-refractivity contribution in [2.24, 2.45) is 0 Å². The van der Waals surface area contributed by atoms with E-state index in [2.05, 4.69) is 10.3 Å². The quantitative estimate of drug-likeness (QED) is 0.842. The minimum atomic E-state index is -1.09. The highest BCUT2D eigenvalue weighted by atomic mass is 16.6. The number of alkyl carbamates (subject to hydrolysis) is 1. The Kier molecular flexibility index (Phi) is 4.57. The van der Waals surface area contributed by atoms with E-state index in [4.69, 9.17) is 4.74 Å². The minimum Gasteiger partial charge on any atom is -0.480 e. The van der Waals surface area contributed by atoms with E-state index in [1.807, 2.05) is 0 Å². The number of amides is 2. The molecule has 2 N–H and O–H groups in total. The van der Waals surface area contributed by atoms with Gasteiger partial charge in [0.25, 0.3) is 0 Å². The lowest BCUT2D eigenvalue weighted by Gasteiger charge is -2.33. The van der Waals surface area contributed by atoms with E-state index < -0.39 is 29.7 Å². The molecule has 126 valence electrons. The van der Waals surface area contributed by atoms with Crippen molar-refractivity contribution in [1.82, 2.24) is 19.8 Å². The van der Waals surface area contributed by atoms with Crippen LogP contribution in [0.25, 0.3) is 0 Å². The van der Waals surface area contributed by atoms with Crippen molar-refractivity contribution >= 4 is 18.1 Å². The van der Waals surface area contributed by atoms with E-state index in [1.165, 1.54) is 22.0 Å². The molecule has 0 aromatic carbocycles. The van der Waals surface area contributed by atoms with Crippen molar-refractivity contribution in [1.29, 1.82) is 0 Å². The van der Waals surface area contributed by atoms with E-state index in [0.717, 1.165) is 0 Å². The van der Waals surface area contributed by atoms with Crippen molar-refractivity contribution in [2.75, 3.05) is 13.1 Å². The highest BCUT2D eigenvalue weighted by Gasteiger charge is 2.36. The summed E-state index contributed by atoms with van der Waals surface area (Å²) in [5.74, 6) is -1.09. The van der Waals surface area contributed by atoms with Crippen LogP contribution >= 0.6 is 0 Å².